The summed E-state index contributed by atoms with van der Waals surface area (Å²) in [7, 11) is 1.62. The van der Waals surface area contributed by atoms with Gasteiger partial charge < -0.3 is 9.47 Å². The minimum atomic E-state index is 0.0239. The molecule has 0 saturated heterocycles. The van der Waals surface area contributed by atoms with Crippen molar-refractivity contribution in [3.8, 4) is 11.5 Å². The molecule has 1 aromatic heterocycles. The summed E-state index contributed by atoms with van der Waals surface area (Å²) in [6.07, 6.45) is 5.85. The van der Waals surface area contributed by atoms with Gasteiger partial charge in [-0.25, -0.2) is 4.98 Å². The van der Waals surface area contributed by atoms with Crippen molar-refractivity contribution in [3.63, 3.8) is 0 Å². The first-order chi connectivity index (χ1) is 9.29. The van der Waals surface area contributed by atoms with Crippen LogP contribution in [0.15, 0.2) is 43.0 Å². The molecule has 0 amide bonds. The highest BCUT2D eigenvalue weighted by atomic mass is 16.5. The van der Waals surface area contributed by atoms with E-state index in [-0.39, 0.29) is 5.91 Å². The lowest BCUT2D eigenvalue weighted by Gasteiger charge is -2.06. The Hall–Kier alpha value is -2.30. The van der Waals surface area contributed by atoms with Crippen LogP contribution in [0.25, 0.3) is 0 Å². The van der Waals surface area contributed by atoms with Gasteiger partial charge in [0.2, 0.25) is 5.91 Å². The first-order valence-corrected chi connectivity index (χ1v) is 6.07. The summed E-state index contributed by atoms with van der Waals surface area (Å²) >= 11 is 0. The van der Waals surface area contributed by atoms with Crippen LogP contribution in [0, 0.1) is 0 Å². The molecule has 0 aliphatic carbocycles. The molecule has 0 N–H and O–H groups in total. The maximum Gasteiger partial charge on any atom is 0.231 e. The number of carbonyl (C=O) groups excluding carboxylic acids is 1. The molecule has 19 heavy (non-hydrogen) atoms. The minimum Gasteiger partial charge on any atom is -0.497 e. The summed E-state index contributed by atoms with van der Waals surface area (Å²) in [6.45, 7) is 0.507. The van der Waals surface area contributed by atoms with Gasteiger partial charge in [-0.05, 0) is 30.7 Å². The SMILES string of the molecule is COc1ccc(OCCCC(=O)n2ccnc2)cc1. The van der Waals surface area contributed by atoms with E-state index >= 15 is 0 Å². The maximum absolute atomic E-state index is 11.7. The van der Waals surface area contributed by atoms with E-state index in [1.807, 2.05) is 24.3 Å². The van der Waals surface area contributed by atoms with Gasteiger partial charge >= 0.3 is 0 Å². The fraction of sp³-hybridized carbons (Fsp3) is 0.286. The molecule has 0 atom stereocenters. The zero-order valence-corrected chi connectivity index (χ0v) is 10.8. The van der Waals surface area contributed by atoms with E-state index in [0.29, 0.717) is 19.4 Å². The smallest absolute Gasteiger partial charge is 0.231 e. The zero-order valence-electron chi connectivity index (χ0n) is 10.8. The van der Waals surface area contributed by atoms with Gasteiger partial charge in [0.15, 0.2) is 0 Å². The van der Waals surface area contributed by atoms with Crippen LogP contribution in [0.5, 0.6) is 11.5 Å². The van der Waals surface area contributed by atoms with E-state index in [4.69, 9.17) is 9.47 Å². The molecule has 5 heteroatoms. The number of benzene rings is 1. The first-order valence-electron chi connectivity index (χ1n) is 6.07. The van der Waals surface area contributed by atoms with Crippen LogP contribution in [0.2, 0.25) is 0 Å². The molecule has 0 saturated carbocycles. The normalized spacial score (nSPS) is 10.2. The van der Waals surface area contributed by atoms with Gasteiger partial charge in [0, 0.05) is 18.8 Å². The summed E-state index contributed by atoms with van der Waals surface area (Å²) in [5, 5.41) is 0. The summed E-state index contributed by atoms with van der Waals surface area (Å²) < 4.78 is 12.1. The third kappa shape index (κ3) is 3.84. The quantitative estimate of drug-likeness (QED) is 0.748. The Morgan fingerprint density at radius 3 is 2.63 bits per heavy atom. The second-order valence-corrected chi connectivity index (χ2v) is 3.99. The number of ether oxygens (including phenoxy) is 2. The topological polar surface area (TPSA) is 53.4 Å². The predicted octanol–water partition coefficient (Wildman–Crippen LogP) is 2.39. The highest BCUT2D eigenvalue weighted by molar-refractivity contribution is 5.78. The van der Waals surface area contributed by atoms with E-state index in [2.05, 4.69) is 4.98 Å². The van der Waals surface area contributed by atoms with E-state index in [1.165, 1.54) is 10.9 Å². The Kier molecular flexibility index (Phi) is 4.55. The van der Waals surface area contributed by atoms with Crippen molar-refractivity contribution in [1.29, 1.82) is 0 Å². The Bertz CT molecular complexity index is 506. The summed E-state index contributed by atoms with van der Waals surface area (Å²) in [5.41, 5.74) is 0. The number of imidazole rings is 1. The van der Waals surface area contributed by atoms with Gasteiger partial charge in [-0.2, -0.15) is 0 Å². The Balaban J connectivity index is 1.70. The molecule has 2 aromatic rings. The molecule has 5 nitrogen and oxygen atoms in total. The fourth-order valence-corrected chi connectivity index (χ4v) is 1.62. The second kappa shape index (κ2) is 6.58. The van der Waals surface area contributed by atoms with Crippen molar-refractivity contribution in [3.05, 3.63) is 43.0 Å². The Morgan fingerprint density at radius 1 is 1.26 bits per heavy atom. The summed E-state index contributed by atoms with van der Waals surface area (Å²) in [4.78, 5) is 15.5. The van der Waals surface area contributed by atoms with Crippen LogP contribution in [-0.4, -0.2) is 29.2 Å². The van der Waals surface area contributed by atoms with E-state index < -0.39 is 0 Å². The number of hydrogen-bond donors (Lipinski definition) is 0. The average molecular weight is 260 g/mol. The van der Waals surface area contributed by atoms with Crippen LogP contribution in [0.3, 0.4) is 0 Å². The lowest BCUT2D eigenvalue weighted by atomic mass is 10.3. The van der Waals surface area contributed by atoms with Gasteiger partial charge in [0.25, 0.3) is 0 Å². The number of methoxy groups -OCH3 is 1. The number of hydrogen-bond acceptors (Lipinski definition) is 4. The molecule has 0 bridgehead atoms. The molecule has 1 heterocycles. The van der Waals surface area contributed by atoms with Crippen LogP contribution in [0.1, 0.15) is 17.6 Å². The van der Waals surface area contributed by atoms with E-state index in [9.17, 15) is 4.79 Å². The number of nitrogens with zero attached hydrogens (tertiary/aromatic N) is 2. The molecule has 0 radical (unpaired) electrons. The van der Waals surface area contributed by atoms with Crippen molar-refractivity contribution >= 4 is 5.91 Å². The highest BCUT2D eigenvalue weighted by Gasteiger charge is 2.03. The molecule has 0 spiro atoms. The second-order valence-electron chi connectivity index (χ2n) is 3.99. The Morgan fingerprint density at radius 2 is 2.00 bits per heavy atom. The number of aromatic nitrogens is 2. The van der Waals surface area contributed by atoms with Crippen LogP contribution >= 0.6 is 0 Å². The maximum atomic E-state index is 11.7. The largest absolute Gasteiger partial charge is 0.497 e. The molecule has 2 rings (SSSR count). The molecular weight excluding hydrogens is 244 g/mol. The number of rotatable bonds is 6. The minimum absolute atomic E-state index is 0.0239. The molecular formula is C14H16N2O3. The van der Waals surface area contributed by atoms with Crippen molar-refractivity contribution in [2.24, 2.45) is 0 Å². The van der Waals surface area contributed by atoms with Crippen molar-refractivity contribution in [2.75, 3.05) is 13.7 Å². The standard InChI is InChI=1S/C14H16N2O3/c1-18-12-4-6-13(7-5-12)19-10-2-3-14(17)16-9-8-15-11-16/h4-9,11H,2-3,10H2,1H3. The molecule has 100 valence electrons. The van der Waals surface area contributed by atoms with E-state index in [0.717, 1.165) is 11.5 Å². The van der Waals surface area contributed by atoms with Crippen LogP contribution in [0.4, 0.5) is 0 Å². The van der Waals surface area contributed by atoms with Crippen molar-refractivity contribution in [1.82, 2.24) is 9.55 Å². The molecule has 1 aromatic carbocycles. The third-order valence-corrected chi connectivity index (χ3v) is 2.66. The van der Waals surface area contributed by atoms with E-state index in [1.54, 1.807) is 19.5 Å². The van der Waals surface area contributed by atoms with Crippen molar-refractivity contribution in [2.45, 2.75) is 12.8 Å². The lowest BCUT2D eigenvalue weighted by molar-refractivity contribution is 0.0893. The van der Waals surface area contributed by atoms with Gasteiger partial charge in [-0.3, -0.25) is 9.36 Å². The van der Waals surface area contributed by atoms with Gasteiger partial charge in [0.05, 0.1) is 13.7 Å². The van der Waals surface area contributed by atoms with Gasteiger partial charge in [-0.1, -0.05) is 0 Å². The first kappa shape index (κ1) is 13.1. The zero-order chi connectivity index (χ0) is 13.5. The van der Waals surface area contributed by atoms with Gasteiger partial charge in [-0.15, -0.1) is 0 Å². The lowest BCUT2D eigenvalue weighted by Crippen LogP contribution is -2.09. The molecule has 0 unspecified atom stereocenters. The Labute approximate surface area is 111 Å². The van der Waals surface area contributed by atoms with Gasteiger partial charge in [0.1, 0.15) is 17.8 Å². The van der Waals surface area contributed by atoms with Crippen LogP contribution < -0.4 is 9.47 Å². The highest BCUT2D eigenvalue weighted by Crippen LogP contribution is 2.17. The van der Waals surface area contributed by atoms with Crippen molar-refractivity contribution < 1.29 is 14.3 Å². The fourth-order valence-electron chi connectivity index (χ4n) is 1.62. The summed E-state index contributed by atoms with van der Waals surface area (Å²) in [5.74, 6) is 1.59. The molecule has 0 fully saturated rings. The molecule has 0 aliphatic rings. The summed E-state index contributed by atoms with van der Waals surface area (Å²) in [6, 6.07) is 7.37. The number of carbonyl (C=O) groups is 1. The third-order valence-electron chi connectivity index (χ3n) is 2.66. The average Bonchev–Trinajstić information content (AvgIpc) is 2.98. The monoisotopic (exact) mass is 260 g/mol. The van der Waals surface area contributed by atoms with Crippen LogP contribution in [-0.2, 0) is 0 Å². The predicted molar refractivity (Wildman–Crippen MR) is 70.6 cm³/mol. The molecule has 0 aliphatic heterocycles.